The summed E-state index contributed by atoms with van der Waals surface area (Å²) in [4.78, 5) is 16.7. The Balaban J connectivity index is 1.82. The minimum absolute atomic E-state index is 0.135. The summed E-state index contributed by atoms with van der Waals surface area (Å²) >= 11 is 1.50. The van der Waals surface area contributed by atoms with E-state index in [4.69, 9.17) is 0 Å². The third-order valence-corrected chi connectivity index (χ3v) is 4.65. The van der Waals surface area contributed by atoms with E-state index >= 15 is 0 Å². The minimum Gasteiger partial charge on any atom is -0.323 e. The van der Waals surface area contributed by atoms with Gasteiger partial charge in [0.15, 0.2) is 0 Å². The number of hydrogen-bond acceptors (Lipinski definition) is 4. The molecular weight excluding hydrogens is 327 g/mol. The van der Waals surface area contributed by atoms with Crippen LogP contribution in [0.4, 0.5) is 10.1 Å². The molecular formula is C17H17FN4OS. The monoisotopic (exact) mass is 344 g/mol. The lowest BCUT2D eigenvalue weighted by Crippen LogP contribution is -2.16. The molecule has 0 unspecified atom stereocenters. The molecule has 124 valence electrons. The molecule has 0 aliphatic rings. The summed E-state index contributed by atoms with van der Waals surface area (Å²) in [7, 11) is 0. The van der Waals surface area contributed by atoms with Gasteiger partial charge in [-0.05, 0) is 32.9 Å². The van der Waals surface area contributed by atoms with E-state index in [1.54, 1.807) is 16.8 Å². The zero-order valence-electron chi connectivity index (χ0n) is 13.6. The third-order valence-electron chi connectivity index (χ3n) is 3.71. The SMILES string of the molecule is Cc1csc(-n2nc(C)c(CC(=O)Nc3ccccc3F)c2C)n1. The summed E-state index contributed by atoms with van der Waals surface area (Å²) in [6, 6.07) is 6.11. The van der Waals surface area contributed by atoms with E-state index in [9.17, 15) is 9.18 Å². The Morgan fingerprint density at radius 1 is 1.29 bits per heavy atom. The number of halogens is 1. The van der Waals surface area contributed by atoms with Crippen LogP contribution in [-0.4, -0.2) is 20.7 Å². The first-order chi connectivity index (χ1) is 11.5. The van der Waals surface area contributed by atoms with Gasteiger partial charge in [-0.15, -0.1) is 11.3 Å². The van der Waals surface area contributed by atoms with Crippen LogP contribution in [0.1, 0.15) is 22.6 Å². The van der Waals surface area contributed by atoms with Crippen molar-refractivity contribution >= 4 is 22.9 Å². The highest BCUT2D eigenvalue weighted by Gasteiger charge is 2.18. The van der Waals surface area contributed by atoms with Crippen LogP contribution in [0.25, 0.3) is 5.13 Å². The van der Waals surface area contributed by atoms with Crippen molar-refractivity contribution in [2.75, 3.05) is 5.32 Å². The molecule has 2 aromatic heterocycles. The van der Waals surface area contributed by atoms with Crippen molar-refractivity contribution in [2.45, 2.75) is 27.2 Å². The quantitative estimate of drug-likeness (QED) is 0.787. The number of benzene rings is 1. The number of carbonyl (C=O) groups is 1. The van der Waals surface area contributed by atoms with E-state index in [1.165, 1.54) is 23.5 Å². The summed E-state index contributed by atoms with van der Waals surface area (Å²) < 4.78 is 15.4. The summed E-state index contributed by atoms with van der Waals surface area (Å²) in [5, 5.41) is 9.81. The molecule has 0 radical (unpaired) electrons. The molecule has 0 aliphatic carbocycles. The van der Waals surface area contributed by atoms with Crippen LogP contribution in [0.2, 0.25) is 0 Å². The Labute approximate surface area is 143 Å². The second kappa shape index (κ2) is 6.52. The molecule has 0 aliphatic heterocycles. The van der Waals surface area contributed by atoms with E-state index in [0.717, 1.165) is 27.8 Å². The Kier molecular flexibility index (Phi) is 4.44. The van der Waals surface area contributed by atoms with Crippen molar-refractivity contribution in [3.63, 3.8) is 0 Å². The molecule has 0 spiro atoms. The second-order valence-corrected chi connectivity index (χ2v) is 6.37. The van der Waals surface area contributed by atoms with Gasteiger partial charge < -0.3 is 5.32 Å². The van der Waals surface area contributed by atoms with Crippen molar-refractivity contribution < 1.29 is 9.18 Å². The Bertz CT molecular complexity index is 900. The van der Waals surface area contributed by atoms with Crippen LogP contribution < -0.4 is 5.32 Å². The van der Waals surface area contributed by atoms with E-state index in [0.29, 0.717) is 0 Å². The maximum absolute atomic E-state index is 13.6. The fraction of sp³-hybridized carbons (Fsp3) is 0.235. The number of anilines is 1. The zero-order valence-corrected chi connectivity index (χ0v) is 14.4. The Morgan fingerprint density at radius 2 is 2.04 bits per heavy atom. The number of aryl methyl sites for hydroxylation is 2. The zero-order chi connectivity index (χ0) is 17.3. The van der Waals surface area contributed by atoms with E-state index in [1.807, 2.05) is 26.2 Å². The van der Waals surface area contributed by atoms with Gasteiger partial charge in [-0.25, -0.2) is 14.1 Å². The molecule has 7 heteroatoms. The van der Waals surface area contributed by atoms with Gasteiger partial charge in [0.05, 0.1) is 23.5 Å². The maximum Gasteiger partial charge on any atom is 0.229 e. The Morgan fingerprint density at radius 3 is 2.71 bits per heavy atom. The van der Waals surface area contributed by atoms with E-state index in [2.05, 4.69) is 15.4 Å². The average molecular weight is 344 g/mol. The molecule has 2 heterocycles. The molecule has 0 fully saturated rings. The van der Waals surface area contributed by atoms with Gasteiger partial charge in [0, 0.05) is 16.6 Å². The van der Waals surface area contributed by atoms with E-state index in [-0.39, 0.29) is 18.0 Å². The highest BCUT2D eigenvalue weighted by molar-refractivity contribution is 7.12. The fourth-order valence-corrected chi connectivity index (χ4v) is 3.28. The van der Waals surface area contributed by atoms with Gasteiger partial charge in [0.1, 0.15) is 5.82 Å². The standard InChI is InChI=1S/C17H17FN4OS/c1-10-9-24-17(19-10)22-12(3)13(11(2)21-22)8-16(23)20-15-7-5-4-6-14(15)18/h4-7,9H,8H2,1-3H3,(H,20,23). The number of carbonyl (C=O) groups excluding carboxylic acids is 1. The number of rotatable bonds is 4. The first-order valence-corrected chi connectivity index (χ1v) is 8.35. The van der Waals surface area contributed by atoms with Gasteiger partial charge >= 0.3 is 0 Å². The molecule has 0 saturated heterocycles. The number of nitrogens with one attached hydrogen (secondary N) is 1. The molecule has 3 rings (SSSR count). The van der Waals surface area contributed by atoms with Crippen molar-refractivity contribution in [2.24, 2.45) is 0 Å². The number of aromatic nitrogens is 3. The summed E-state index contributed by atoms with van der Waals surface area (Å²) in [5.41, 5.74) is 3.58. The van der Waals surface area contributed by atoms with Crippen LogP contribution in [0.5, 0.6) is 0 Å². The molecule has 24 heavy (non-hydrogen) atoms. The van der Waals surface area contributed by atoms with Crippen molar-refractivity contribution in [1.29, 1.82) is 0 Å². The molecule has 5 nitrogen and oxygen atoms in total. The normalized spacial score (nSPS) is 10.8. The highest BCUT2D eigenvalue weighted by atomic mass is 32.1. The largest absolute Gasteiger partial charge is 0.323 e. The summed E-state index contributed by atoms with van der Waals surface area (Å²) in [6.07, 6.45) is 0.135. The average Bonchev–Trinajstić information content (AvgIpc) is 3.08. The summed E-state index contributed by atoms with van der Waals surface area (Å²) in [5.74, 6) is -0.727. The first-order valence-electron chi connectivity index (χ1n) is 7.47. The van der Waals surface area contributed by atoms with E-state index < -0.39 is 5.82 Å². The molecule has 1 amide bonds. The highest BCUT2D eigenvalue weighted by Crippen LogP contribution is 2.21. The lowest BCUT2D eigenvalue weighted by Gasteiger charge is -2.06. The van der Waals surface area contributed by atoms with Crippen LogP contribution >= 0.6 is 11.3 Å². The van der Waals surface area contributed by atoms with Crippen molar-refractivity contribution in [1.82, 2.24) is 14.8 Å². The lowest BCUT2D eigenvalue weighted by molar-refractivity contribution is -0.115. The fourth-order valence-electron chi connectivity index (χ4n) is 2.47. The van der Waals surface area contributed by atoms with Gasteiger partial charge in [-0.2, -0.15) is 5.10 Å². The van der Waals surface area contributed by atoms with Gasteiger partial charge in [-0.3, -0.25) is 4.79 Å². The van der Waals surface area contributed by atoms with Crippen LogP contribution in [0, 0.1) is 26.6 Å². The molecule has 3 aromatic rings. The number of amides is 1. The third kappa shape index (κ3) is 3.21. The smallest absolute Gasteiger partial charge is 0.229 e. The second-order valence-electron chi connectivity index (χ2n) is 5.54. The molecule has 1 N–H and O–H groups in total. The molecule has 1 aromatic carbocycles. The maximum atomic E-state index is 13.6. The number of thiazole rings is 1. The minimum atomic E-state index is -0.451. The molecule has 0 atom stereocenters. The predicted octanol–water partition coefficient (Wildman–Crippen LogP) is 3.57. The lowest BCUT2D eigenvalue weighted by atomic mass is 10.1. The number of para-hydroxylation sites is 1. The topological polar surface area (TPSA) is 59.8 Å². The van der Waals surface area contributed by atoms with Crippen LogP contribution in [0.3, 0.4) is 0 Å². The molecule has 0 bridgehead atoms. The summed E-state index contributed by atoms with van der Waals surface area (Å²) in [6.45, 7) is 5.69. The van der Waals surface area contributed by atoms with Crippen molar-refractivity contribution in [3.05, 3.63) is 58.1 Å². The van der Waals surface area contributed by atoms with Gasteiger partial charge in [-0.1, -0.05) is 12.1 Å². The van der Waals surface area contributed by atoms with Crippen LogP contribution in [-0.2, 0) is 11.2 Å². The Hall–Kier alpha value is -2.54. The predicted molar refractivity (Wildman–Crippen MR) is 92.2 cm³/mol. The number of nitrogens with zero attached hydrogens (tertiary/aromatic N) is 3. The molecule has 0 saturated carbocycles. The number of hydrogen-bond donors (Lipinski definition) is 1. The van der Waals surface area contributed by atoms with Gasteiger partial charge in [0.2, 0.25) is 11.0 Å². The van der Waals surface area contributed by atoms with Crippen molar-refractivity contribution in [3.8, 4) is 5.13 Å². The van der Waals surface area contributed by atoms with Crippen LogP contribution in [0.15, 0.2) is 29.6 Å². The first kappa shape index (κ1) is 16.3. The van der Waals surface area contributed by atoms with Gasteiger partial charge in [0.25, 0.3) is 0 Å².